The molecule has 140 valence electrons. The molecule has 2 rings (SSSR count). The van der Waals surface area contributed by atoms with Gasteiger partial charge in [0.2, 0.25) is 0 Å². The van der Waals surface area contributed by atoms with Gasteiger partial charge in [-0.1, -0.05) is 12.1 Å². The Bertz CT molecular complexity index is 536. The van der Waals surface area contributed by atoms with Gasteiger partial charge in [0.1, 0.15) is 25.4 Å². The fourth-order valence-electron chi connectivity index (χ4n) is 2.82. The molecule has 1 heterocycles. The van der Waals surface area contributed by atoms with Crippen LogP contribution in [0.25, 0.3) is 0 Å². The van der Waals surface area contributed by atoms with Crippen molar-refractivity contribution in [3.8, 4) is 5.75 Å². The van der Waals surface area contributed by atoms with Crippen LogP contribution in [-0.2, 0) is 30.3 Å². The number of likely N-dealkylation sites (tertiary alicyclic amines) is 1. The van der Waals surface area contributed by atoms with Gasteiger partial charge in [0, 0.05) is 20.8 Å². The highest BCUT2D eigenvalue weighted by atomic mass is 16.7. The zero-order valence-corrected chi connectivity index (χ0v) is 14.7. The molecule has 1 aromatic rings. The van der Waals surface area contributed by atoms with Crippen LogP contribution in [0.15, 0.2) is 24.3 Å². The number of hydrogen-bond donors (Lipinski definition) is 1. The van der Waals surface area contributed by atoms with E-state index >= 15 is 0 Å². The molecule has 0 unspecified atom stereocenters. The van der Waals surface area contributed by atoms with Gasteiger partial charge >= 0.3 is 0 Å². The molecule has 1 aliphatic heterocycles. The van der Waals surface area contributed by atoms with E-state index in [1.165, 1.54) is 14.2 Å². The summed E-state index contributed by atoms with van der Waals surface area (Å²) in [5, 5.41) is 9.81. The molecule has 0 radical (unpaired) electrons. The van der Waals surface area contributed by atoms with Crippen LogP contribution in [0.1, 0.15) is 5.56 Å². The van der Waals surface area contributed by atoms with Crippen LogP contribution in [0, 0.1) is 0 Å². The Morgan fingerprint density at radius 1 is 1.04 bits per heavy atom. The van der Waals surface area contributed by atoms with E-state index in [4.69, 9.17) is 23.7 Å². The number of carbonyl (C=O) groups excluding carboxylic acids is 1. The van der Waals surface area contributed by atoms with E-state index in [1.54, 1.807) is 12.0 Å². The third-order valence-electron chi connectivity index (χ3n) is 4.05. The average Bonchev–Trinajstić information content (AvgIpc) is 2.89. The van der Waals surface area contributed by atoms with Crippen LogP contribution in [0.4, 0.5) is 0 Å². The smallest absolute Gasteiger partial charge is 0.255 e. The Morgan fingerprint density at radius 3 is 2.24 bits per heavy atom. The molecule has 1 aliphatic rings. The monoisotopic (exact) mass is 355 g/mol. The van der Waals surface area contributed by atoms with Crippen molar-refractivity contribution in [2.24, 2.45) is 0 Å². The molecule has 3 atom stereocenters. The van der Waals surface area contributed by atoms with Crippen LogP contribution in [0.2, 0.25) is 0 Å². The maximum atomic E-state index is 12.8. The lowest BCUT2D eigenvalue weighted by atomic mass is 10.1. The van der Waals surface area contributed by atoms with Crippen molar-refractivity contribution >= 4 is 5.91 Å². The lowest BCUT2D eigenvalue weighted by molar-refractivity contribution is -0.162. The van der Waals surface area contributed by atoms with Crippen LogP contribution in [0.3, 0.4) is 0 Å². The Morgan fingerprint density at radius 2 is 1.68 bits per heavy atom. The topological polar surface area (TPSA) is 86.7 Å². The Labute approximate surface area is 147 Å². The summed E-state index contributed by atoms with van der Waals surface area (Å²) >= 11 is 0. The standard InChI is InChI=1S/C17H25NO7/c1-21-10-24-15-14(9-19)18(17(20)16(15)25-11-22-2)8-12-4-6-13(23-3)7-5-12/h4-7,14-16,19H,8-11H2,1-3H3/t14-,15-,16+/m1/s1. The van der Waals surface area contributed by atoms with Gasteiger partial charge in [-0.25, -0.2) is 0 Å². The van der Waals surface area contributed by atoms with Crippen LogP contribution in [0.5, 0.6) is 5.75 Å². The maximum absolute atomic E-state index is 12.8. The normalized spacial score (nSPS) is 23.3. The van der Waals surface area contributed by atoms with E-state index in [1.807, 2.05) is 24.3 Å². The molecule has 0 aromatic heterocycles. The molecular formula is C17H25NO7. The fraction of sp³-hybridized carbons (Fsp3) is 0.588. The highest BCUT2D eigenvalue weighted by Crippen LogP contribution is 2.27. The molecule has 1 aromatic carbocycles. The van der Waals surface area contributed by atoms with Crippen molar-refractivity contribution < 1.29 is 33.6 Å². The average molecular weight is 355 g/mol. The molecule has 0 saturated carbocycles. The number of benzene rings is 1. The molecule has 1 fully saturated rings. The second-order valence-electron chi connectivity index (χ2n) is 5.60. The number of amides is 1. The summed E-state index contributed by atoms with van der Waals surface area (Å²) in [6.07, 6.45) is -1.50. The third-order valence-corrected chi connectivity index (χ3v) is 4.05. The summed E-state index contributed by atoms with van der Waals surface area (Å²) in [6, 6.07) is 6.85. The second-order valence-corrected chi connectivity index (χ2v) is 5.60. The number of nitrogens with zero attached hydrogens (tertiary/aromatic N) is 1. The highest BCUT2D eigenvalue weighted by Gasteiger charge is 2.49. The van der Waals surface area contributed by atoms with E-state index in [0.717, 1.165) is 11.3 Å². The van der Waals surface area contributed by atoms with E-state index in [9.17, 15) is 9.90 Å². The number of aliphatic hydroxyl groups excluding tert-OH is 1. The summed E-state index contributed by atoms with van der Waals surface area (Å²) in [5.41, 5.74) is 0.908. The largest absolute Gasteiger partial charge is 0.497 e. The molecule has 0 spiro atoms. The zero-order chi connectivity index (χ0) is 18.2. The van der Waals surface area contributed by atoms with Crippen molar-refractivity contribution in [1.29, 1.82) is 0 Å². The van der Waals surface area contributed by atoms with Gasteiger partial charge < -0.3 is 33.7 Å². The van der Waals surface area contributed by atoms with Gasteiger partial charge in [0.25, 0.3) is 5.91 Å². The molecule has 1 saturated heterocycles. The Balaban J connectivity index is 2.17. The molecule has 8 nitrogen and oxygen atoms in total. The maximum Gasteiger partial charge on any atom is 0.255 e. The molecule has 1 N–H and O–H groups in total. The Hall–Kier alpha value is -1.71. The van der Waals surface area contributed by atoms with E-state index in [-0.39, 0.29) is 26.1 Å². The summed E-state index contributed by atoms with van der Waals surface area (Å²) in [4.78, 5) is 14.3. The molecule has 0 aliphatic carbocycles. The van der Waals surface area contributed by atoms with E-state index < -0.39 is 18.2 Å². The van der Waals surface area contributed by atoms with Gasteiger partial charge in [0.05, 0.1) is 19.8 Å². The van der Waals surface area contributed by atoms with Crippen LogP contribution in [-0.4, -0.2) is 75.7 Å². The van der Waals surface area contributed by atoms with Crippen molar-refractivity contribution in [3.63, 3.8) is 0 Å². The minimum atomic E-state index is -0.856. The van der Waals surface area contributed by atoms with Crippen molar-refractivity contribution in [2.75, 3.05) is 41.5 Å². The number of aliphatic hydroxyl groups is 1. The number of methoxy groups -OCH3 is 3. The number of rotatable bonds is 10. The first kappa shape index (κ1) is 19.6. The van der Waals surface area contributed by atoms with E-state index in [0.29, 0.717) is 6.54 Å². The summed E-state index contributed by atoms with van der Waals surface area (Å²) in [7, 11) is 4.56. The lowest BCUT2D eigenvalue weighted by Gasteiger charge is -2.26. The van der Waals surface area contributed by atoms with Gasteiger partial charge in [-0.05, 0) is 17.7 Å². The van der Waals surface area contributed by atoms with Crippen molar-refractivity contribution in [1.82, 2.24) is 4.90 Å². The number of carbonyl (C=O) groups is 1. The molecule has 25 heavy (non-hydrogen) atoms. The first-order chi connectivity index (χ1) is 12.2. The molecule has 1 amide bonds. The minimum Gasteiger partial charge on any atom is -0.497 e. The number of hydrogen-bond acceptors (Lipinski definition) is 7. The lowest BCUT2D eigenvalue weighted by Crippen LogP contribution is -2.41. The van der Waals surface area contributed by atoms with Crippen molar-refractivity contribution in [2.45, 2.75) is 24.8 Å². The van der Waals surface area contributed by atoms with Crippen LogP contribution >= 0.6 is 0 Å². The molecular weight excluding hydrogens is 330 g/mol. The molecule has 0 bridgehead atoms. The minimum absolute atomic E-state index is 0.00232. The zero-order valence-electron chi connectivity index (χ0n) is 14.7. The molecule has 8 heteroatoms. The number of ether oxygens (including phenoxy) is 5. The Kier molecular flexibility index (Phi) is 7.60. The van der Waals surface area contributed by atoms with Crippen LogP contribution < -0.4 is 4.74 Å². The predicted molar refractivity (Wildman–Crippen MR) is 87.9 cm³/mol. The first-order valence-corrected chi connectivity index (χ1v) is 7.91. The predicted octanol–water partition coefficient (Wildman–Crippen LogP) is 0.377. The van der Waals surface area contributed by atoms with Gasteiger partial charge in [-0.15, -0.1) is 0 Å². The summed E-state index contributed by atoms with van der Waals surface area (Å²) in [6.45, 7) is 0.0340. The van der Waals surface area contributed by atoms with Gasteiger partial charge in [-0.2, -0.15) is 0 Å². The first-order valence-electron chi connectivity index (χ1n) is 7.91. The third kappa shape index (κ3) is 4.68. The second kappa shape index (κ2) is 9.69. The van der Waals surface area contributed by atoms with Crippen molar-refractivity contribution in [3.05, 3.63) is 29.8 Å². The van der Waals surface area contributed by atoms with Gasteiger partial charge in [0.15, 0.2) is 6.10 Å². The van der Waals surface area contributed by atoms with Gasteiger partial charge in [-0.3, -0.25) is 4.79 Å². The highest BCUT2D eigenvalue weighted by molar-refractivity contribution is 5.85. The SMILES string of the molecule is COCO[C@H]1[C@H](OCOC)C(=O)N(Cc2ccc(OC)cc2)[C@@H]1CO. The van der Waals surface area contributed by atoms with E-state index in [2.05, 4.69) is 0 Å². The fourth-order valence-corrected chi connectivity index (χ4v) is 2.82. The quantitative estimate of drug-likeness (QED) is 0.607. The summed E-state index contributed by atoms with van der Waals surface area (Å²) in [5.74, 6) is 0.478. The summed E-state index contributed by atoms with van der Waals surface area (Å²) < 4.78 is 26.0.